The van der Waals surface area contributed by atoms with E-state index in [0.717, 1.165) is 37.3 Å². The van der Waals surface area contributed by atoms with Gasteiger partial charge in [-0.2, -0.15) is 15.4 Å². The van der Waals surface area contributed by atoms with E-state index >= 15 is 0 Å². The van der Waals surface area contributed by atoms with Crippen molar-refractivity contribution in [1.29, 1.82) is 0 Å². The molecule has 2 heterocycles. The van der Waals surface area contributed by atoms with E-state index in [0.29, 0.717) is 22.3 Å². The number of hydrogen-bond acceptors (Lipinski definition) is 4. The van der Waals surface area contributed by atoms with Crippen molar-refractivity contribution in [3.8, 4) is 11.3 Å². The summed E-state index contributed by atoms with van der Waals surface area (Å²) in [7, 11) is 0. The zero-order valence-corrected chi connectivity index (χ0v) is 16.2. The molecule has 0 radical (unpaired) electrons. The van der Waals surface area contributed by atoms with E-state index in [1.165, 1.54) is 5.56 Å². The number of likely N-dealkylation sites (tertiary alicyclic amines) is 1. The summed E-state index contributed by atoms with van der Waals surface area (Å²) in [5.41, 5.74) is 3.58. The van der Waals surface area contributed by atoms with Gasteiger partial charge in [0.1, 0.15) is 11.4 Å². The van der Waals surface area contributed by atoms with Crippen molar-refractivity contribution in [2.45, 2.75) is 25.7 Å². The van der Waals surface area contributed by atoms with Crippen LogP contribution in [0.15, 0.2) is 48.5 Å². The molecular formula is C20H20Cl2N4O. The third kappa shape index (κ3) is 4.50. The Bertz CT molecular complexity index is 900. The van der Waals surface area contributed by atoms with E-state index in [-0.39, 0.29) is 6.10 Å². The van der Waals surface area contributed by atoms with Gasteiger partial charge in [0.15, 0.2) is 0 Å². The number of nitrogens with zero attached hydrogens (tertiary/aromatic N) is 3. The van der Waals surface area contributed by atoms with Crippen molar-refractivity contribution in [2.24, 2.45) is 0 Å². The number of aromatic nitrogens is 3. The summed E-state index contributed by atoms with van der Waals surface area (Å²) in [5.74, 6) is 0. The maximum absolute atomic E-state index is 6.30. The third-order valence-corrected chi connectivity index (χ3v) is 5.29. The van der Waals surface area contributed by atoms with Gasteiger partial charge in [0.05, 0.1) is 17.7 Å². The van der Waals surface area contributed by atoms with Gasteiger partial charge in [-0.05, 0) is 30.2 Å². The van der Waals surface area contributed by atoms with Crippen LogP contribution in [0.4, 0.5) is 0 Å². The fraction of sp³-hybridized carbons (Fsp3) is 0.300. The van der Waals surface area contributed by atoms with Crippen molar-refractivity contribution in [2.75, 3.05) is 13.1 Å². The summed E-state index contributed by atoms with van der Waals surface area (Å²) < 4.78 is 6.11. The van der Waals surface area contributed by atoms with Crippen molar-refractivity contribution in [3.63, 3.8) is 0 Å². The van der Waals surface area contributed by atoms with E-state index in [2.05, 4.69) is 44.6 Å². The molecular weight excluding hydrogens is 383 g/mol. The molecule has 27 heavy (non-hydrogen) atoms. The van der Waals surface area contributed by atoms with Crippen molar-refractivity contribution in [1.82, 2.24) is 20.3 Å². The summed E-state index contributed by atoms with van der Waals surface area (Å²) >= 11 is 12.3. The molecule has 140 valence electrons. The molecule has 1 aromatic heterocycles. The van der Waals surface area contributed by atoms with E-state index in [1.54, 1.807) is 12.1 Å². The molecule has 1 fully saturated rings. The van der Waals surface area contributed by atoms with Crippen LogP contribution in [0.25, 0.3) is 11.3 Å². The summed E-state index contributed by atoms with van der Waals surface area (Å²) in [6, 6.07) is 15.9. The Labute approximate surface area is 168 Å². The Hall–Kier alpha value is -1.92. The first-order chi connectivity index (χ1) is 13.2. The number of ether oxygens (including phenoxy) is 1. The number of hydrogen-bond donors (Lipinski definition) is 1. The Morgan fingerprint density at radius 1 is 1.11 bits per heavy atom. The lowest BCUT2D eigenvalue weighted by atomic mass is 10.1. The molecule has 7 heteroatoms. The maximum atomic E-state index is 6.30. The van der Waals surface area contributed by atoms with Crippen LogP contribution in [-0.4, -0.2) is 39.5 Å². The molecule has 1 aliphatic heterocycles. The van der Waals surface area contributed by atoms with Crippen LogP contribution in [0.5, 0.6) is 0 Å². The first-order valence-corrected chi connectivity index (χ1v) is 9.67. The number of H-pyrrole nitrogens is 1. The number of aromatic amines is 1. The summed E-state index contributed by atoms with van der Waals surface area (Å²) in [5, 5.41) is 12.3. The van der Waals surface area contributed by atoms with E-state index < -0.39 is 0 Å². The highest BCUT2D eigenvalue weighted by atomic mass is 35.5. The molecule has 1 aliphatic rings. The van der Waals surface area contributed by atoms with Gasteiger partial charge in [-0.15, -0.1) is 0 Å². The monoisotopic (exact) mass is 402 g/mol. The van der Waals surface area contributed by atoms with Gasteiger partial charge in [0.25, 0.3) is 0 Å². The van der Waals surface area contributed by atoms with Crippen molar-refractivity contribution < 1.29 is 4.74 Å². The highest BCUT2D eigenvalue weighted by Gasteiger charge is 2.24. The van der Waals surface area contributed by atoms with Crippen LogP contribution >= 0.6 is 23.2 Å². The molecule has 4 rings (SSSR count). The first kappa shape index (κ1) is 18.4. The lowest BCUT2D eigenvalue weighted by Crippen LogP contribution is -2.23. The van der Waals surface area contributed by atoms with Gasteiger partial charge < -0.3 is 4.74 Å². The van der Waals surface area contributed by atoms with E-state index in [1.807, 2.05) is 12.1 Å². The molecule has 3 aromatic rings. The summed E-state index contributed by atoms with van der Waals surface area (Å²) in [4.78, 5) is 2.42. The average Bonchev–Trinajstić information content (AvgIpc) is 3.30. The van der Waals surface area contributed by atoms with Crippen LogP contribution in [0.2, 0.25) is 10.0 Å². The molecule has 1 unspecified atom stereocenters. The SMILES string of the molecule is Clc1ccc(-c2n[nH]nc2COC2CCN(Cc3ccccc3)C2)c(Cl)c1. The van der Waals surface area contributed by atoms with Crippen LogP contribution in [-0.2, 0) is 17.9 Å². The van der Waals surface area contributed by atoms with Gasteiger partial charge in [-0.3, -0.25) is 4.90 Å². The van der Waals surface area contributed by atoms with Crippen LogP contribution in [0.1, 0.15) is 17.7 Å². The van der Waals surface area contributed by atoms with Crippen LogP contribution < -0.4 is 0 Å². The normalized spacial score (nSPS) is 17.5. The van der Waals surface area contributed by atoms with Gasteiger partial charge in [-0.1, -0.05) is 53.5 Å². The van der Waals surface area contributed by atoms with Crippen LogP contribution in [0.3, 0.4) is 0 Å². The quantitative estimate of drug-likeness (QED) is 0.655. The molecule has 0 saturated carbocycles. The summed E-state index contributed by atoms with van der Waals surface area (Å²) in [6.45, 7) is 3.31. The number of rotatable bonds is 6. The second-order valence-electron chi connectivity index (χ2n) is 6.69. The molecule has 2 aromatic carbocycles. The van der Waals surface area contributed by atoms with Gasteiger partial charge in [-0.25, -0.2) is 0 Å². The fourth-order valence-electron chi connectivity index (χ4n) is 3.37. The molecule has 1 saturated heterocycles. The number of benzene rings is 2. The third-order valence-electron chi connectivity index (χ3n) is 4.74. The highest BCUT2D eigenvalue weighted by molar-refractivity contribution is 6.36. The Kier molecular flexibility index (Phi) is 5.74. The van der Waals surface area contributed by atoms with Crippen molar-refractivity contribution >= 4 is 23.2 Å². The molecule has 0 amide bonds. The zero-order chi connectivity index (χ0) is 18.6. The largest absolute Gasteiger partial charge is 0.370 e. The van der Waals surface area contributed by atoms with Gasteiger partial charge >= 0.3 is 0 Å². The predicted molar refractivity (Wildman–Crippen MR) is 107 cm³/mol. The minimum Gasteiger partial charge on any atom is -0.370 e. The molecule has 1 atom stereocenters. The molecule has 0 spiro atoms. The Balaban J connectivity index is 1.36. The topological polar surface area (TPSA) is 54.0 Å². The minimum absolute atomic E-state index is 0.193. The Morgan fingerprint density at radius 2 is 1.96 bits per heavy atom. The predicted octanol–water partition coefficient (Wildman–Crippen LogP) is 4.57. The number of nitrogens with one attached hydrogen (secondary N) is 1. The lowest BCUT2D eigenvalue weighted by molar-refractivity contribution is 0.0445. The Morgan fingerprint density at radius 3 is 2.78 bits per heavy atom. The molecule has 0 aliphatic carbocycles. The standard InChI is InChI=1S/C20H20Cl2N4O/c21-15-6-7-17(18(22)10-15)20-19(23-25-24-20)13-27-16-8-9-26(12-16)11-14-4-2-1-3-5-14/h1-7,10,16H,8-9,11-13H2,(H,23,24,25). The van der Waals surface area contributed by atoms with Gasteiger partial charge in [0, 0.05) is 30.2 Å². The number of halogens is 2. The fourth-order valence-corrected chi connectivity index (χ4v) is 3.86. The molecule has 5 nitrogen and oxygen atoms in total. The van der Waals surface area contributed by atoms with E-state index in [9.17, 15) is 0 Å². The second-order valence-corrected chi connectivity index (χ2v) is 7.53. The van der Waals surface area contributed by atoms with Crippen LogP contribution in [0, 0.1) is 0 Å². The summed E-state index contributed by atoms with van der Waals surface area (Å²) in [6.07, 6.45) is 1.21. The average molecular weight is 403 g/mol. The first-order valence-electron chi connectivity index (χ1n) is 8.92. The smallest absolute Gasteiger partial charge is 0.119 e. The minimum atomic E-state index is 0.193. The molecule has 0 bridgehead atoms. The van der Waals surface area contributed by atoms with Gasteiger partial charge in [0.2, 0.25) is 0 Å². The maximum Gasteiger partial charge on any atom is 0.119 e. The zero-order valence-electron chi connectivity index (χ0n) is 14.7. The van der Waals surface area contributed by atoms with E-state index in [4.69, 9.17) is 27.9 Å². The van der Waals surface area contributed by atoms with Crippen molar-refractivity contribution in [3.05, 3.63) is 69.8 Å². The second kappa shape index (κ2) is 8.40. The molecule has 1 N–H and O–H groups in total. The lowest BCUT2D eigenvalue weighted by Gasteiger charge is -2.16. The highest BCUT2D eigenvalue weighted by Crippen LogP contribution is 2.31.